The first-order valence-corrected chi connectivity index (χ1v) is 5.00. The summed E-state index contributed by atoms with van der Waals surface area (Å²) in [6.07, 6.45) is -0.869. The zero-order chi connectivity index (χ0) is 13.0. The number of ether oxygens (including phenoxy) is 1. The standard InChI is InChI=1S/C11H11F3O3/c1-2-3-8(11(15)16)17-10-7(13)5-4-6(12)9(10)14/h4-5,8H,2-3H2,1H3,(H,15,16). The zero-order valence-corrected chi connectivity index (χ0v) is 9.04. The predicted molar refractivity (Wildman–Crippen MR) is 53.3 cm³/mol. The van der Waals surface area contributed by atoms with Crippen molar-refractivity contribution in [1.29, 1.82) is 0 Å². The number of carbonyl (C=O) groups is 1. The monoisotopic (exact) mass is 248 g/mol. The molecule has 0 aliphatic carbocycles. The van der Waals surface area contributed by atoms with Crippen LogP contribution in [-0.2, 0) is 4.79 Å². The molecule has 17 heavy (non-hydrogen) atoms. The van der Waals surface area contributed by atoms with Crippen molar-refractivity contribution in [3.63, 3.8) is 0 Å². The molecule has 0 aliphatic heterocycles. The van der Waals surface area contributed by atoms with E-state index in [1.165, 1.54) is 0 Å². The van der Waals surface area contributed by atoms with Gasteiger partial charge in [-0.25, -0.2) is 13.6 Å². The van der Waals surface area contributed by atoms with E-state index in [0.717, 1.165) is 0 Å². The van der Waals surface area contributed by atoms with Crippen LogP contribution in [0.2, 0.25) is 0 Å². The Labute approximate surface area is 95.8 Å². The molecular formula is C11H11F3O3. The first kappa shape index (κ1) is 13.3. The summed E-state index contributed by atoms with van der Waals surface area (Å²) in [6, 6.07) is 1.28. The van der Waals surface area contributed by atoms with Crippen LogP contribution in [0, 0.1) is 17.5 Å². The molecule has 0 radical (unpaired) electrons. The van der Waals surface area contributed by atoms with Crippen molar-refractivity contribution in [2.45, 2.75) is 25.9 Å². The fraction of sp³-hybridized carbons (Fsp3) is 0.364. The topological polar surface area (TPSA) is 46.5 Å². The fourth-order valence-corrected chi connectivity index (χ4v) is 1.25. The van der Waals surface area contributed by atoms with Crippen LogP contribution in [0.1, 0.15) is 19.8 Å². The normalized spacial score (nSPS) is 12.2. The molecule has 0 amide bonds. The van der Waals surface area contributed by atoms with Gasteiger partial charge < -0.3 is 9.84 Å². The van der Waals surface area contributed by atoms with Crippen LogP contribution in [0.5, 0.6) is 5.75 Å². The van der Waals surface area contributed by atoms with E-state index in [0.29, 0.717) is 18.6 Å². The Balaban J connectivity index is 3.00. The van der Waals surface area contributed by atoms with Crippen LogP contribution in [0.3, 0.4) is 0 Å². The van der Waals surface area contributed by atoms with E-state index >= 15 is 0 Å². The highest BCUT2D eigenvalue weighted by Crippen LogP contribution is 2.25. The Morgan fingerprint density at radius 3 is 2.47 bits per heavy atom. The van der Waals surface area contributed by atoms with Gasteiger partial charge in [0.1, 0.15) is 0 Å². The Morgan fingerprint density at radius 1 is 1.35 bits per heavy atom. The minimum atomic E-state index is -1.52. The summed E-state index contributed by atoms with van der Waals surface area (Å²) in [6.45, 7) is 1.69. The number of halogens is 3. The predicted octanol–water partition coefficient (Wildman–Crippen LogP) is 2.74. The zero-order valence-electron chi connectivity index (χ0n) is 9.04. The maximum atomic E-state index is 13.2. The second-order valence-corrected chi connectivity index (χ2v) is 3.41. The molecule has 0 saturated carbocycles. The molecule has 0 aromatic heterocycles. The van der Waals surface area contributed by atoms with Gasteiger partial charge in [-0.15, -0.1) is 0 Å². The molecule has 1 aromatic rings. The van der Waals surface area contributed by atoms with Crippen LogP contribution in [0.15, 0.2) is 12.1 Å². The molecule has 1 unspecified atom stereocenters. The maximum absolute atomic E-state index is 13.2. The number of carboxylic acid groups (broad SMARTS) is 1. The smallest absolute Gasteiger partial charge is 0.344 e. The highest BCUT2D eigenvalue weighted by Gasteiger charge is 2.23. The lowest BCUT2D eigenvalue weighted by atomic mass is 10.2. The Morgan fingerprint density at radius 2 is 1.94 bits per heavy atom. The molecule has 0 heterocycles. The summed E-state index contributed by atoms with van der Waals surface area (Å²) in [5, 5.41) is 8.75. The lowest BCUT2D eigenvalue weighted by Gasteiger charge is -2.15. The summed E-state index contributed by atoms with van der Waals surface area (Å²) in [4.78, 5) is 10.7. The molecule has 0 saturated heterocycles. The van der Waals surface area contributed by atoms with Crippen molar-refractivity contribution in [3.05, 3.63) is 29.6 Å². The van der Waals surface area contributed by atoms with Gasteiger partial charge in [0.05, 0.1) is 0 Å². The molecular weight excluding hydrogens is 237 g/mol. The number of carboxylic acids is 1. The molecule has 0 spiro atoms. The second-order valence-electron chi connectivity index (χ2n) is 3.41. The van der Waals surface area contributed by atoms with E-state index in [2.05, 4.69) is 4.74 Å². The van der Waals surface area contributed by atoms with Crippen LogP contribution >= 0.6 is 0 Å². The Bertz CT molecular complexity index is 421. The van der Waals surface area contributed by atoms with E-state index in [-0.39, 0.29) is 6.42 Å². The average Bonchev–Trinajstić information content (AvgIpc) is 2.28. The van der Waals surface area contributed by atoms with E-state index in [1.807, 2.05) is 0 Å². The van der Waals surface area contributed by atoms with Crippen molar-refractivity contribution in [2.75, 3.05) is 0 Å². The van der Waals surface area contributed by atoms with Crippen molar-refractivity contribution < 1.29 is 27.8 Å². The minimum Gasteiger partial charge on any atom is -0.479 e. The first-order chi connectivity index (χ1) is 7.97. The molecule has 0 aliphatic rings. The summed E-state index contributed by atoms with van der Waals surface area (Å²) in [7, 11) is 0. The summed E-state index contributed by atoms with van der Waals surface area (Å²) >= 11 is 0. The maximum Gasteiger partial charge on any atom is 0.344 e. The van der Waals surface area contributed by atoms with E-state index < -0.39 is 35.3 Å². The highest BCUT2D eigenvalue weighted by atomic mass is 19.2. The molecule has 1 aromatic carbocycles. The van der Waals surface area contributed by atoms with E-state index in [9.17, 15) is 18.0 Å². The van der Waals surface area contributed by atoms with Gasteiger partial charge in [0.2, 0.25) is 5.82 Å². The largest absolute Gasteiger partial charge is 0.479 e. The molecule has 94 valence electrons. The summed E-state index contributed by atoms with van der Waals surface area (Å²) < 4.78 is 43.9. The lowest BCUT2D eigenvalue weighted by Crippen LogP contribution is -2.27. The van der Waals surface area contributed by atoms with Gasteiger partial charge in [-0.3, -0.25) is 0 Å². The van der Waals surface area contributed by atoms with Gasteiger partial charge in [-0.2, -0.15) is 4.39 Å². The highest BCUT2D eigenvalue weighted by molar-refractivity contribution is 5.72. The molecule has 6 heteroatoms. The minimum absolute atomic E-state index is 0.0741. The van der Waals surface area contributed by atoms with Gasteiger partial charge in [-0.1, -0.05) is 13.3 Å². The molecule has 1 atom stereocenters. The van der Waals surface area contributed by atoms with Gasteiger partial charge in [0.25, 0.3) is 0 Å². The molecule has 0 fully saturated rings. The van der Waals surface area contributed by atoms with Gasteiger partial charge in [0, 0.05) is 0 Å². The van der Waals surface area contributed by atoms with Crippen LogP contribution in [0.4, 0.5) is 13.2 Å². The van der Waals surface area contributed by atoms with Crippen molar-refractivity contribution in [1.82, 2.24) is 0 Å². The van der Waals surface area contributed by atoms with Crippen molar-refractivity contribution in [3.8, 4) is 5.75 Å². The van der Waals surface area contributed by atoms with Gasteiger partial charge >= 0.3 is 5.97 Å². The lowest BCUT2D eigenvalue weighted by molar-refractivity contribution is -0.145. The summed E-state index contributed by atoms with van der Waals surface area (Å²) in [5.41, 5.74) is 0. The van der Waals surface area contributed by atoms with Crippen LogP contribution < -0.4 is 4.74 Å². The number of aliphatic carboxylic acids is 1. The average molecular weight is 248 g/mol. The van der Waals surface area contributed by atoms with E-state index in [1.54, 1.807) is 6.92 Å². The second kappa shape index (κ2) is 5.56. The third-order valence-electron chi connectivity index (χ3n) is 2.09. The first-order valence-electron chi connectivity index (χ1n) is 5.00. The molecule has 0 bridgehead atoms. The van der Waals surface area contributed by atoms with Gasteiger partial charge in [-0.05, 0) is 18.6 Å². The molecule has 1 rings (SSSR count). The molecule has 1 N–H and O–H groups in total. The number of hydrogen-bond acceptors (Lipinski definition) is 2. The molecule has 3 nitrogen and oxygen atoms in total. The van der Waals surface area contributed by atoms with Crippen molar-refractivity contribution >= 4 is 5.97 Å². The number of benzene rings is 1. The summed E-state index contributed by atoms with van der Waals surface area (Å²) in [5.74, 6) is -6.29. The third-order valence-corrected chi connectivity index (χ3v) is 2.09. The van der Waals surface area contributed by atoms with Crippen LogP contribution in [0.25, 0.3) is 0 Å². The van der Waals surface area contributed by atoms with Crippen molar-refractivity contribution in [2.24, 2.45) is 0 Å². The SMILES string of the molecule is CCCC(Oc1c(F)ccc(F)c1F)C(=O)O. The van der Waals surface area contributed by atoms with Gasteiger partial charge in [0.15, 0.2) is 23.5 Å². The third kappa shape index (κ3) is 3.12. The Kier molecular flexibility index (Phi) is 4.37. The number of hydrogen-bond donors (Lipinski definition) is 1. The van der Waals surface area contributed by atoms with Crippen LogP contribution in [-0.4, -0.2) is 17.2 Å². The quantitative estimate of drug-likeness (QED) is 0.815. The number of rotatable bonds is 5. The Hall–Kier alpha value is -1.72. The fourth-order valence-electron chi connectivity index (χ4n) is 1.25. The van der Waals surface area contributed by atoms with E-state index in [4.69, 9.17) is 5.11 Å².